The van der Waals surface area contributed by atoms with E-state index in [1.807, 2.05) is 0 Å². The summed E-state index contributed by atoms with van der Waals surface area (Å²) in [6.07, 6.45) is 66.7. The van der Waals surface area contributed by atoms with Crippen LogP contribution < -0.4 is 0 Å². The van der Waals surface area contributed by atoms with Crippen LogP contribution in [0.3, 0.4) is 0 Å². The molecular weight excluding hydrogens is 1070 g/mol. The second kappa shape index (κ2) is 60.2. The Morgan fingerprint density at radius 1 is 0.400 bits per heavy atom. The van der Waals surface area contributed by atoms with Gasteiger partial charge in [0, 0.05) is 19.3 Å². The molecule has 0 radical (unpaired) electrons. The van der Waals surface area contributed by atoms with Crippen LogP contribution in [0.2, 0.25) is 0 Å². The fourth-order valence-corrected chi connectivity index (χ4v) is 10.2. The first kappa shape index (κ1) is 78.9. The number of carbonyl (C=O) groups excluding carboxylic acids is 3. The number of carbonyl (C=O) groups is 4. The maximum absolute atomic E-state index is 13.2. The number of carboxylic acid groups (broad SMARTS) is 1. The van der Waals surface area contributed by atoms with Crippen LogP contribution in [0, 0.1) is 0 Å². The number of hydrogen-bond donors (Lipinski definition) is 3. The number of esters is 3. The molecule has 0 saturated carbocycles. The quantitative estimate of drug-likeness (QED) is 0.0228. The number of aliphatic carboxylic acids is 1. The molecule has 1 aliphatic rings. The fourth-order valence-electron chi connectivity index (χ4n) is 10.2. The van der Waals surface area contributed by atoms with Gasteiger partial charge in [0.25, 0.3) is 0 Å². The molecule has 0 spiro atoms. The summed E-state index contributed by atoms with van der Waals surface area (Å²) in [6.45, 7) is 5.88. The SMILES string of the molecule is CC/C=C\C/C=C\C/C=C\C/C=C\CCCCCCCCC(=O)OCC(COC1OC(C(=O)O)C(O)C(O)C1OC(=O)CCCCCCCCCCC/C=C\CCCCCCCC)OC(=O)CCCCCCCCC/C=C\C/C=C\CCCCC. The summed E-state index contributed by atoms with van der Waals surface area (Å²) in [4.78, 5) is 51.5. The zero-order valence-electron chi connectivity index (χ0n) is 54.1. The molecule has 1 fully saturated rings. The molecule has 12 nitrogen and oxygen atoms in total. The van der Waals surface area contributed by atoms with Crippen molar-refractivity contribution in [2.45, 2.75) is 340 Å². The van der Waals surface area contributed by atoms with Crippen LogP contribution in [0.1, 0.15) is 303 Å². The fraction of sp³-hybridized carbons (Fsp3) is 0.753. The van der Waals surface area contributed by atoms with E-state index < -0.39 is 67.3 Å². The van der Waals surface area contributed by atoms with Crippen LogP contribution in [-0.2, 0) is 42.9 Å². The van der Waals surface area contributed by atoms with E-state index in [1.54, 1.807) is 0 Å². The normalized spacial score (nSPS) is 18.0. The van der Waals surface area contributed by atoms with Gasteiger partial charge in [-0.25, -0.2) is 4.79 Å². The summed E-state index contributed by atoms with van der Waals surface area (Å²) in [5.74, 6) is -3.14. The number of carboxylic acids is 1. The van der Waals surface area contributed by atoms with Crippen LogP contribution in [0.25, 0.3) is 0 Å². The Bertz CT molecular complexity index is 1800. The van der Waals surface area contributed by atoms with Gasteiger partial charge in [0.2, 0.25) is 0 Å². The highest BCUT2D eigenvalue weighted by molar-refractivity contribution is 5.74. The Balaban J connectivity index is 2.65. The lowest BCUT2D eigenvalue weighted by Gasteiger charge is -2.40. The molecule has 1 aliphatic heterocycles. The van der Waals surface area contributed by atoms with Crippen molar-refractivity contribution in [2.24, 2.45) is 0 Å². The lowest BCUT2D eigenvalue weighted by molar-refractivity contribution is -0.301. The van der Waals surface area contributed by atoms with Gasteiger partial charge in [0.05, 0.1) is 6.61 Å². The standard InChI is InChI=1S/C73H124O12/c1-4-7-10-13-16-19-22-25-28-31-33-36-38-41-44-47-50-53-56-59-65(74)81-62-64(83-66(75)60-57-54-51-48-45-42-39-35-30-27-24-21-18-15-12-9-6-3)63-82-73-71(69(78)68(77)70(85-73)72(79)80)84-67(76)61-58-55-52-49-46-43-40-37-34-32-29-26-23-20-17-14-11-8-5-2/h7,10,16,18-19,21,25-30,33,36,64,68-71,73,77-78H,4-6,8-9,11-15,17,20,22-24,31-32,34-35,37-63H2,1-3H3,(H,79,80)/b10-7-,19-16-,21-18-,28-25-,29-26-,30-27-,36-33-. The smallest absolute Gasteiger partial charge is 0.335 e. The number of unbranched alkanes of at least 4 members (excludes halogenated alkanes) is 31. The summed E-state index contributed by atoms with van der Waals surface area (Å²) in [5.41, 5.74) is 0. The van der Waals surface area contributed by atoms with E-state index in [1.165, 1.54) is 103 Å². The number of aliphatic hydroxyl groups excluding tert-OH is 2. The Hall–Kier alpha value is -4.10. The highest BCUT2D eigenvalue weighted by Gasteiger charge is 2.50. The summed E-state index contributed by atoms with van der Waals surface area (Å²) in [6, 6.07) is 0. The Morgan fingerprint density at radius 3 is 1.16 bits per heavy atom. The molecule has 85 heavy (non-hydrogen) atoms. The monoisotopic (exact) mass is 1190 g/mol. The predicted molar refractivity (Wildman–Crippen MR) is 349 cm³/mol. The van der Waals surface area contributed by atoms with E-state index >= 15 is 0 Å². The second-order valence-electron chi connectivity index (χ2n) is 23.4. The lowest BCUT2D eigenvalue weighted by Crippen LogP contribution is -2.61. The number of allylic oxidation sites excluding steroid dienone is 14. The topological polar surface area (TPSA) is 175 Å². The second-order valence-corrected chi connectivity index (χ2v) is 23.4. The van der Waals surface area contributed by atoms with E-state index in [-0.39, 0.29) is 25.9 Å². The van der Waals surface area contributed by atoms with Gasteiger partial charge in [0.15, 0.2) is 24.6 Å². The van der Waals surface area contributed by atoms with Crippen LogP contribution in [0.4, 0.5) is 0 Å². The number of rotatable bonds is 59. The highest BCUT2D eigenvalue weighted by Crippen LogP contribution is 2.27. The molecule has 0 aromatic heterocycles. The van der Waals surface area contributed by atoms with Gasteiger partial charge in [0.1, 0.15) is 18.8 Å². The van der Waals surface area contributed by atoms with Gasteiger partial charge in [-0.15, -0.1) is 0 Å². The molecule has 1 heterocycles. The zero-order valence-corrected chi connectivity index (χ0v) is 54.1. The minimum atomic E-state index is -1.91. The third kappa shape index (κ3) is 49.6. The highest BCUT2D eigenvalue weighted by atomic mass is 16.7. The minimum Gasteiger partial charge on any atom is -0.479 e. The number of ether oxygens (including phenoxy) is 5. The van der Waals surface area contributed by atoms with Crippen molar-refractivity contribution in [3.8, 4) is 0 Å². The molecule has 1 rings (SSSR count). The Morgan fingerprint density at radius 2 is 0.741 bits per heavy atom. The van der Waals surface area contributed by atoms with Crippen molar-refractivity contribution in [3.63, 3.8) is 0 Å². The molecule has 488 valence electrons. The van der Waals surface area contributed by atoms with Gasteiger partial charge in [-0.1, -0.05) is 254 Å². The maximum Gasteiger partial charge on any atom is 0.335 e. The van der Waals surface area contributed by atoms with Crippen molar-refractivity contribution in [2.75, 3.05) is 13.2 Å². The molecule has 0 aromatic carbocycles. The van der Waals surface area contributed by atoms with Crippen molar-refractivity contribution in [1.29, 1.82) is 0 Å². The molecular formula is C73H124O12. The van der Waals surface area contributed by atoms with Crippen LogP contribution in [0.15, 0.2) is 85.1 Å². The molecule has 1 saturated heterocycles. The summed E-state index contributed by atoms with van der Waals surface area (Å²) >= 11 is 0. The first-order valence-electron chi connectivity index (χ1n) is 34.6. The summed E-state index contributed by atoms with van der Waals surface area (Å²) in [5, 5.41) is 31.7. The number of hydrogen-bond acceptors (Lipinski definition) is 11. The third-order valence-corrected chi connectivity index (χ3v) is 15.4. The van der Waals surface area contributed by atoms with E-state index in [0.29, 0.717) is 19.3 Å². The van der Waals surface area contributed by atoms with Gasteiger partial charge in [-0.05, 0) is 116 Å². The van der Waals surface area contributed by atoms with Gasteiger partial charge >= 0.3 is 23.9 Å². The predicted octanol–water partition coefficient (Wildman–Crippen LogP) is 19.0. The van der Waals surface area contributed by atoms with Gasteiger partial charge in [-0.3, -0.25) is 14.4 Å². The molecule has 6 unspecified atom stereocenters. The Labute approximate surface area is 518 Å². The molecule has 0 aliphatic carbocycles. The lowest BCUT2D eigenvalue weighted by atomic mass is 9.98. The average Bonchev–Trinajstić information content (AvgIpc) is 3.51. The summed E-state index contributed by atoms with van der Waals surface area (Å²) < 4.78 is 28.6. The average molecular weight is 1190 g/mol. The molecule has 6 atom stereocenters. The van der Waals surface area contributed by atoms with Crippen molar-refractivity contribution in [1.82, 2.24) is 0 Å². The largest absolute Gasteiger partial charge is 0.479 e. The van der Waals surface area contributed by atoms with Crippen LogP contribution in [-0.4, -0.2) is 89.2 Å². The van der Waals surface area contributed by atoms with E-state index in [9.17, 15) is 34.5 Å². The van der Waals surface area contributed by atoms with Crippen molar-refractivity contribution >= 4 is 23.9 Å². The zero-order chi connectivity index (χ0) is 61.7. The third-order valence-electron chi connectivity index (χ3n) is 15.4. The minimum absolute atomic E-state index is 0.0544. The van der Waals surface area contributed by atoms with E-state index in [0.717, 1.165) is 141 Å². The van der Waals surface area contributed by atoms with Crippen molar-refractivity contribution in [3.05, 3.63) is 85.1 Å². The molecule has 12 heteroatoms. The molecule has 3 N–H and O–H groups in total. The van der Waals surface area contributed by atoms with E-state index in [4.69, 9.17) is 23.7 Å². The number of aliphatic hydroxyl groups is 2. The molecule has 0 aromatic rings. The van der Waals surface area contributed by atoms with E-state index in [2.05, 4.69) is 106 Å². The maximum atomic E-state index is 13.2. The van der Waals surface area contributed by atoms with Gasteiger partial charge in [-0.2, -0.15) is 0 Å². The van der Waals surface area contributed by atoms with Crippen LogP contribution in [0.5, 0.6) is 0 Å². The molecule has 0 amide bonds. The van der Waals surface area contributed by atoms with Gasteiger partial charge < -0.3 is 39.0 Å². The molecule has 0 bridgehead atoms. The summed E-state index contributed by atoms with van der Waals surface area (Å²) in [7, 11) is 0. The first-order chi connectivity index (χ1) is 41.6. The Kier molecular flexibility index (Phi) is 55.9. The van der Waals surface area contributed by atoms with Crippen LogP contribution >= 0.6 is 0 Å². The van der Waals surface area contributed by atoms with Crippen molar-refractivity contribution < 1.29 is 58.2 Å². The first-order valence-corrected chi connectivity index (χ1v) is 34.6.